The lowest BCUT2D eigenvalue weighted by Crippen LogP contribution is -2.32. The second-order valence-corrected chi connectivity index (χ2v) is 6.99. The number of hydrogen-bond acceptors (Lipinski definition) is 6. The Morgan fingerprint density at radius 3 is 2.57 bits per heavy atom. The minimum absolute atomic E-state index is 0.0189. The molecule has 0 aromatic heterocycles. The number of methoxy groups -OCH3 is 1. The Morgan fingerprint density at radius 2 is 2.10 bits per heavy atom. The van der Waals surface area contributed by atoms with E-state index in [1.54, 1.807) is 0 Å². The first kappa shape index (κ1) is 15.7. The van der Waals surface area contributed by atoms with Crippen molar-refractivity contribution in [2.24, 2.45) is 11.7 Å². The van der Waals surface area contributed by atoms with Gasteiger partial charge in [0.2, 0.25) is 10.0 Å². The number of nitro groups is 1. The van der Waals surface area contributed by atoms with Crippen molar-refractivity contribution < 1.29 is 18.1 Å². The van der Waals surface area contributed by atoms with Crippen LogP contribution in [0.25, 0.3) is 0 Å². The maximum atomic E-state index is 12.5. The van der Waals surface area contributed by atoms with Gasteiger partial charge in [-0.3, -0.25) is 10.1 Å². The van der Waals surface area contributed by atoms with Gasteiger partial charge in [0.1, 0.15) is 0 Å². The predicted octanol–water partition coefficient (Wildman–Crippen LogP) is 0.571. The van der Waals surface area contributed by atoms with E-state index < -0.39 is 14.9 Å². The summed E-state index contributed by atoms with van der Waals surface area (Å²) in [5.74, 6) is 0.0680. The molecule has 1 saturated heterocycles. The summed E-state index contributed by atoms with van der Waals surface area (Å²) in [6, 6.07) is 3.37. The number of ether oxygens (including phenoxy) is 1. The highest BCUT2D eigenvalue weighted by Gasteiger charge is 2.36. The summed E-state index contributed by atoms with van der Waals surface area (Å²) < 4.78 is 31.1. The Kier molecular flexibility index (Phi) is 4.17. The lowest BCUT2D eigenvalue weighted by Gasteiger charge is -2.16. The molecule has 116 valence electrons. The van der Waals surface area contributed by atoms with Crippen LogP contribution >= 0.6 is 0 Å². The Morgan fingerprint density at radius 1 is 1.43 bits per heavy atom. The highest BCUT2D eigenvalue weighted by atomic mass is 32.2. The van der Waals surface area contributed by atoms with Gasteiger partial charge in [-0.2, -0.15) is 4.31 Å². The Bertz CT molecular complexity index is 651. The zero-order chi connectivity index (χ0) is 15.8. The zero-order valence-corrected chi connectivity index (χ0v) is 12.5. The maximum absolute atomic E-state index is 12.5. The smallest absolute Gasteiger partial charge is 0.312 e. The molecular weight excluding hydrogens is 298 g/mol. The van der Waals surface area contributed by atoms with E-state index in [0.717, 1.165) is 6.07 Å². The van der Waals surface area contributed by atoms with Gasteiger partial charge in [-0.15, -0.1) is 0 Å². The Balaban J connectivity index is 2.42. The molecule has 1 fully saturated rings. The Hall–Kier alpha value is -1.71. The topological polar surface area (TPSA) is 116 Å². The molecule has 0 radical (unpaired) electrons. The molecule has 0 spiro atoms. The van der Waals surface area contributed by atoms with Crippen molar-refractivity contribution in [3.8, 4) is 5.75 Å². The maximum Gasteiger partial charge on any atom is 0.312 e. The van der Waals surface area contributed by atoms with Crippen molar-refractivity contribution in [3.05, 3.63) is 28.3 Å². The molecule has 2 N–H and O–H groups in total. The van der Waals surface area contributed by atoms with Crippen LogP contribution in [0.3, 0.4) is 0 Å². The second kappa shape index (κ2) is 5.58. The fourth-order valence-corrected chi connectivity index (χ4v) is 3.86. The van der Waals surface area contributed by atoms with Gasteiger partial charge < -0.3 is 10.5 Å². The van der Waals surface area contributed by atoms with E-state index in [4.69, 9.17) is 10.5 Å². The van der Waals surface area contributed by atoms with Crippen LogP contribution in [0.5, 0.6) is 5.75 Å². The van der Waals surface area contributed by atoms with Crippen LogP contribution in [0.4, 0.5) is 5.69 Å². The Labute approximate surface area is 122 Å². The molecule has 0 amide bonds. The number of nitro benzene ring substituents is 1. The van der Waals surface area contributed by atoms with Crippen LogP contribution in [0, 0.1) is 16.0 Å². The van der Waals surface area contributed by atoms with E-state index in [0.29, 0.717) is 6.54 Å². The van der Waals surface area contributed by atoms with Crippen molar-refractivity contribution in [2.45, 2.75) is 17.9 Å². The predicted molar refractivity (Wildman–Crippen MR) is 75.5 cm³/mol. The van der Waals surface area contributed by atoms with Gasteiger partial charge in [-0.05, 0) is 18.1 Å². The van der Waals surface area contributed by atoms with Crippen molar-refractivity contribution in [2.75, 3.05) is 20.2 Å². The van der Waals surface area contributed by atoms with E-state index in [9.17, 15) is 18.5 Å². The van der Waals surface area contributed by atoms with Crippen molar-refractivity contribution >= 4 is 15.7 Å². The lowest BCUT2D eigenvalue weighted by atomic mass is 10.1. The van der Waals surface area contributed by atoms with E-state index in [1.807, 2.05) is 6.92 Å². The van der Waals surface area contributed by atoms with Crippen LogP contribution in [-0.2, 0) is 10.0 Å². The molecule has 2 unspecified atom stereocenters. The number of sulfonamides is 1. The van der Waals surface area contributed by atoms with Crippen LogP contribution in [-0.4, -0.2) is 43.9 Å². The fraction of sp³-hybridized carbons (Fsp3) is 0.500. The summed E-state index contributed by atoms with van der Waals surface area (Å²) in [5, 5.41) is 11.0. The van der Waals surface area contributed by atoms with Crippen LogP contribution < -0.4 is 10.5 Å². The standard InChI is InChI=1S/C12H17N3O5S/c1-8-6-14(7-10(8)13)21(18,19)9-3-4-12(20-2)11(5-9)15(16)17/h3-5,8,10H,6-7,13H2,1-2H3. The average molecular weight is 315 g/mol. The van der Waals surface area contributed by atoms with Gasteiger partial charge in [0.25, 0.3) is 0 Å². The van der Waals surface area contributed by atoms with Crippen LogP contribution in [0.2, 0.25) is 0 Å². The molecule has 0 aliphatic carbocycles. The molecule has 8 nitrogen and oxygen atoms in total. The SMILES string of the molecule is COc1ccc(S(=O)(=O)N2CC(C)C(N)C2)cc1[N+](=O)[O-]. The molecule has 1 aliphatic rings. The summed E-state index contributed by atoms with van der Waals surface area (Å²) in [6.45, 7) is 2.39. The third kappa shape index (κ3) is 2.85. The fourth-order valence-electron chi connectivity index (χ4n) is 2.26. The van der Waals surface area contributed by atoms with Gasteiger partial charge in [0, 0.05) is 25.2 Å². The van der Waals surface area contributed by atoms with Crippen molar-refractivity contribution in [3.63, 3.8) is 0 Å². The molecule has 9 heteroatoms. The first-order valence-corrected chi connectivity index (χ1v) is 7.79. The van der Waals surface area contributed by atoms with Gasteiger partial charge in [-0.25, -0.2) is 8.42 Å². The number of rotatable bonds is 4. The van der Waals surface area contributed by atoms with Crippen LogP contribution in [0.1, 0.15) is 6.92 Å². The summed E-state index contributed by atoms with van der Waals surface area (Å²) in [5.41, 5.74) is 5.45. The van der Waals surface area contributed by atoms with Gasteiger partial charge in [-0.1, -0.05) is 6.92 Å². The number of hydrogen-bond donors (Lipinski definition) is 1. The monoisotopic (exact) mass is 315 g/mol. The third-order valence-corrected chi connectivity index (χ3v) is 5.45. The first-order chi connectivity index (χ1) is 9.77. The van der Waals surface area contributed by atoms with Gasteiger partial charge in [0.05, 0.1) is 16.9 Å². The molecule has 0 saturated carbocycles. The lowest BCUT2D eigenvalue weighted by molar-refractivity contribution is -0.386. The number of nitrogens with two attached hydrogens (primary N) is 1. The quantitative estimate of drug-likeness (QED) is 0.641. The molecule has 1 heterocycles. The normalized spacial score (nSPS) is 23.2. The molecular formula is C12H17N3O5S. The third-order valence-electron chi connectivity index (χ3n) is 3.62. The summed E-state index contributed by atoms with van der Waals surface area (Å²) >= 11 is 0. The molecule has 0 bridgehead atoms. The highest BCUT2D eigenvalue weighted by Crippen LogP contribution is 2.31. The molecule has 21 heavy (non-hydrogen) atoms. The van der Waals surface area contributed by atoms with E-state index in [2.05, 4.69) is 0 Å². The number of nitrogens with zero attached hydrogens (tertiary/aromatic N) is 2. The van der Waals surface area contributed by atoms with E-state index in [1.165, 1.54) is 23.5 Å². The van der Waals surface area contributed by atoms with Gasteiger partial charge >= 0.3 is 5.69 Å². The largest absolute Gasteiger partial charge is 0.490 e. The molecule has 1 aromatic rings. The van der Waals surface area contributed by atoms with Gasteiger partial charge in [0.15, 0.2) is 5.75 Å². The summed E-state index contributed by atoms with van der Waals surface area (Å²) in [6.07, 6.45) is 0. The summed E-state index contributed by atoms with van der Waals surface area (Å²) in [4.78, 5) is 10.2. The molecule has 2 atom stereocenters. The molecule has 2 rings (SSSR count). The van der Waals surface area contributed by atoms with Crippen molar-refractivity contribution in [1.29, 1.82) is 0 Å². The van der Waals surface area contributed by atoms with Crippen molar-refractivity contribution in [1.82, 2.24) is 4.31 Å². The van der Waals surface area contributed by atoms with Crippen LogP contribution in [0.15, 0.2) is 23.1 Å². The summed E-state index contributed by atoms with van der Waals surface area (Å²) in [7, 11) is -2.50. The number of benzene rings is 1. The second-order valence-electron chi connectivity index (χ2n) is 5.05. The minimum Gasteiger partial charge on any atom is -0.490 e. The van der Waals surface area contributed by atoms with E-state index >= 15 is 0 Å². The molecule has 1 aromatic carbocycles. The zero-order valence-electron chi connectivity index (χ0n) is 11.7. The first-order valence-electron chi connectivity index (χ1n) is 6.35. The average Bonchev–Trinajstić information content (AvgIpc) is 2.78. The highest BCUT2D eigenvalue weighted by molar-refractivity contribution is 7.89. The minimum atomic E-state index is -3.79. The van der Waals surface area contributed by atoms with E-state index in [-0.39, 0.29) is 34.8 Å². The molecule has 1 aliphatic heterocycles.